The van der Waals surface area contributed by atoms with E-state index in [1.807, 2.05) is 6.07 Å². The highest BCUT2D eigenvalue weighted by Gasteiger charge is 2.13. The van der Waals surface area contributed by atoms with Gasteiger partial charge in [0.1, 0.15) is 6.29 Å². The molecule has 0 amide bonds. The van der Waals surface area contributed by atoms with Crippen molar-refractivity contribution in [1.29, 1.82) is 0 Å². The van der Waals surface area contributed by atoms with Gasteiger partial charge in [-0.25, -0.2) is 0 Å². The van der Waals surface area contributed by atoms with Crippen molar-refractivity contribution in [2.45, 2.75) is 64.7 Å². The summed E-state index contributed by atoms with van der Waals surface area (Å²) in [5.41, 5.74) is 5.43. The summed E-state index contributed by atoms with van der Waals surface area (Å²) in [6.45, 7) is 4.34. The molecule has 0 N–H and O–H groups in total. The van der Waals surface area contributed by atoms with Crippen molar-refractivity contribution >= 4 is 17.9 Å². The van der Waals surface area contributed by atoms with Gasteiger partial charge in [-0.3, -0.25) is 0 Å². The van der Waals surface area contributed by atoms with Crippen LogP contribution in [0.25, 0.3) is 0 Å². The number of carbonyl (C=O) groups is 1. The number of halogens is 1. The normalized spacial score (nSPS) is 12.1. The summed E-state index contributed by atoms with van der Waals surface area (Å²) in [5, 5.41) is 0.813. The third-order valence-corrected chi connectivity index (χ3v) is 5.23. The predicted molar refractivity (Wildman–Crippen MR) is 108 cm³/mol. The largest absolute Gasteiger partial charge is 0.303 e. The fourth-order valence-corrected chi connectivity index (χ4v) is 3.53. The van der Waals surface area contributed by atoms with Crippen molar-refractivity contribution in [2.75, 3.05) is 0 Å². The van der Waals surface area contributed by atoms with Gasteiger partial charge in [0, 0.05) is 11.4 Å². The van der Waals surface area contributed by atoms with E-state index < -0.39 is 0 Å². The van der Waals surface area contributed by atoms with Gasteiger partial charge < -0.3 is 4.79 Å². The average Bonchev–Trinajstić information content (AvgIpc) is 2.60. The fourth-order valence-electron chi connectivity index (χ4n) is 3.33. The van der Waals surface area contributed by atoms with Gasteiger partial charge in [0.05, 0.1) is 0 Å². The molecule has 1 atom stereocenters. The average molecular weight is 357 g/mol. The molecule has 134 valence electrons. The van der Waals surface area contributed by atoms with Gasteiger partial charge in [0.15, 0.2) is 0 Å². The number of aryl methyl sites for hydroxylation is 2. The third-order valence-electron chi connectivity index (χ3n) is 5.00. The van der Waals surface area contributed by atoms with Gasteiger partial charge in [-0.2, -0.15) is 0 Å². The SMILES string of the molecule is Cc1ccc(CC(CCCCCCC=O)c2cccc(Cl)c2)cc1C. The van der Waals surface area contributed by atoms with Gasteiger partial charge in [-0.15, -0.1) is 0 Å². The fraction of sp³-hybridized carbons (Fsp3) is 0.435. The Morgan fingerprint density at radius 1 is 0.960 bits per heavy atom. The zero-order valence-electron chi connectivity index (χ0n) is 15.4. The molecule has 2 rings (SSSR count). The Morgan fingerprint density at radius 3 is 2.48 bits per heavy atom. The highest BCUT2D eigenvalue weighted by Crippen LogP contribution is 2.29. The molecule has 0 aliphatic carbocycles. The number of hydrogen-bond acceptors (Lipinski definition) is 1. The van der Waals surface area contributed by atoms with Crippen molar-refractivity contribution in [1.82, 2.24) is 0 Å². The lowest BCUT2D eigenvalue weighted by Crippen LogP contribution is -2.04. The lowest BCUT2D eigenvalue weighted by Gasteiger charge is -2.19. The minimum atomic E-state index is 0.492. The van der Waals surface area contributed by atoms with Gasteiger partial charge >= 0.3 is 0 Å². The van der Waals surface area contributed by atoms with E-state index >= 15 is 0 Å². The van der Waals surface area contributed by atoms with E-state index in [-0.39, 0.29) is 0 Å². The first kappa shape index (κ1) is 19.7. The summed E-state index contributed by atoms with van der Waals surface area (Å²) in [6.07, 6.45) is 8.48. The monoisotopic (exact) mass is 356 g/mol. The van der Waals surface area contributed by atoms with E-state index in [1.54, 1.807) is 0 Å². The molecular weight excluding hydrogens is 328 g/mol. The maximum Gasteiger partial charge on any atom is 0.119 e. The number of aldehydes is 1. The lowest BCUT2D eigenvalue weighted by molar-refractivity contribution is -0.107. The van der Waals surface area contributed by atoms with E-state index in [0.29, 0.717) is 12.3 Å². The molecular formula is C23H29ClO. The summed E-state index contributed by atoms with van der Waals surface area (Å²) < 4.78 is 0. The highest BCUT2D eigenvalue weighted by atomic mass is 35.5. The number of rotatable bonds is 10. The molecule has 0 heterocycles. The Labute approximate surface area is 157 Å². The molecule has 0 aliphatic heterocycles. The molecule has 2 aromatic carbocycles. The van der Waals surface area contributed by atoms with Crippen LogP contribution < -0.4 is 0 Å². The standard InChI is InChI=1S/C23H29ClO/c1-18-12-13-20(15-19(18)2)16-21(9-6-4-3-5-7-14-25)22-10-8-11-23(24)17-22/h8,10-15,17,21H,3-7,9,16H2,1-2H3. The van der Waals surface area contributed by atoms with Crippen LogP contribution in [-0.2, 0) is 11.2 Å². The molecule has 1 nitrogen and oxygen atoms in total. The Balaban J connectivity index is 2.03. The highest BCUT2D eigenvalue weighted by molar-refractivity contribution is 6.30. The van der Waals surface area contributed by atoms with Crippen LogP contribution in [-0.4, -0.2) is 6.29 Å². The second-order valence-corrected chi connectivity index (χ2v) is 7.47. The summed E-state index contributed by atoms with van der Waals surface area (Å²) in [4.78, 5) is 10.4. The molecule has 2 heteroatoms. The molecule has 1 unspecified atom stereocenters. The van der Waals surface area contributed by atoms with Crippen molar-refractivity contribution in [3.8, 4) is 0 Å². The minimum Gasteiger partial charge on any atom is -0.303 e. The maximum absolute atomic E-state index is 10.4. The summed E-state index contributed by atoms with van der Waals surface area (Å²) in [5.74, 6) is 0.492. The smallest absolute Gasteiger partial charge is 0.119 e. The molecule has 2 aromatic rings. The zero-order chi connectivity index (χ0) is 18.1. The number of hydrogen-bond donors (Lipinski definition) is 0. The van der Waals surface area contributed by atoms with Crippen molar-refractivity contribution in [2.24, 2.45) is 0 Å². The van der Waals surface area contributed by atoms with E-state index in [9.17, 15) is 4.79 Å². The topological polar surface area (TPSA) is 17.1 Å². The van der Waals surface area contributed by atoms with E-state index in [0.717, 1.165) is 37.0 Å². The van der Waals surface area contributed by atoms with Crippen LogP contribution >= 0.6 is 11.6 Å². The molecule has 0 spiro atoms. The Morgan fingerprint density at radius 2 is 1.76 bits per heavy atom. The van der Waals surface area contributed by atoms with E-state index in [1.165, 1.54) is 35.1 Å². The Hall–Kier alpha value is -1.60. The second-order valence-electron chi connectivity index (χ2n) is 7.03. The van der Waals surface area contributed by atoms with Crippen molar-refractivity contribution in [3.05, 3.63) is 69.7 Å². The number of unbranched alkanes of at least 4 members (excludes halogenated alkanes) is 4. The molecule has 0 radical (unpaired) electrons. The van der Waals surface area contributed by atoms with Crippen LogP contribution in [0, 0.1) is 13.8 Å². The van der Waals surface area contributed by atoms with Crippen molar-refractivity contribution in [3.63, 3.8) is 0 Å². The molecule has 0 saturated carbocycles. The summed E-state index contributed by atoms with van der Waals surface area (Å²) >= 11 is 6.22. The van der Waals surface area contributed by atoms with Gasteiger partial charge in [-0.1, -0.05) is 61.2 Å². The number of carbonyl (C=O) groups excluding carboxylic acids is 1. The molecule has 0 bridgehead atoms. The first-order chi connectivity index (χ1) is 12.1. The van der Waals surface area contributed by atoms with Crippen LogP contribution in [0.1, 0.15) is 66.7 Å². The van der Waals surface area contributed by atoms with E-state index in [2.05, 4.69) is 50.2 Å². The predicted octanol–water partition coefficient (Wildman–Crippen LogP) is 6.82. The first-order valence-electron chi connectivity index (χ1n) is 9.35. The van der Waals surface area contributed by atoms with Gasteiger partial charge in [0.25, 0.3) is 0 Å². The Bertz CT molecular complexity index is 678. The quantitative estimate of drug-likeness (QED) is 0.337. The molecule has 25 heavy (non-hydrogen) atoms. The zero-order valence-corrected chi connectivity index (χ0v) is 16.2. The third kappa shape index (κ3) is 6.66. The molecule has 0 fully saturated rings. The molecule has 0 saturated heterocycles. The van der Waals surface area contributed by atoms with Crippen LogP contribution in [0.15, 0.2) is 42.5 Å². The lowest BCUT2D eigenvalue weighted by atomic mass is 9.87. The maximum atomic E-state index is 10.4. The molecule has 0 aromatic heterocycles. The van der Waals surface area contributed by atoms with Crippen molar-refractivity contribution < 1.29 is 4.79 Å². The molecule has 0 aliphatic rings. The summed E-state index contributed by atoms with van der Waals surface area (Å²) in [7, 11) is 0. The van der Waals surface area contributed by atoms with Gasteiger partial charge in [-0.05, 0) is 73.4 Å². The number of benzene rings is 2. The van der Waals surface area contributed by atoms with Crippen LogP contribution in [0.2, 0.25) is 5.02 Å². The van der Waals surface area contributed by atoms with E-state index in [4.69, 9.17) is 11.6 Å². The second kappa shape index (κ2) is 10.4. The summed E-state index contributed by atoms with van der Waals surface area (Å²) in [6, 6.07) is 15.1. The Kier molecular flexibility index (Phi) is 8.21. The van der Waals surface area contributed by atoms with Crippen LogP contribution in [0.5, 0.6) is 0 Å². The minimum absolute atomic E-state index is 0.492. The first-order valence-corrected chi connectivity index (χ1v) is 9.73. The van der Waals surface area contributed by atoms with Gasteiger partial charge in [0.2, 0.25) is 0 Å². The van der Waals surface area contributed by atoms with Crippen LogP contribution in [0.4, 0.5) is 0 Å². The van der Waals surface area contributed by atoms with Crippen LogP contribution in [0.3, 0.4) is 0 Å².